The van der Waals surface area contributed by atoms with Crippen LogP contribution < -0.4 is 15.3 Å². The van der Waals surface area contributed by atoms with Crippen LogP contribution >= 0.6 is 7.75 Å². The summed E-state index contributed by atoms with van der Waals surface area (Å²) in [7, 11) is -4.42. The summed E-state index contributed by atoms with van der Waals surface area (Å²) >= 11 is 0. The van der Waals surface area contributed by atoms with Gasteiger partial charge >= 0.3 is 19.7 Å². The second-order valence-corrected chi connectivity index (χ2v) is 16.4. The number of benzene rings is 1. The van der Waals surface area contributed by atoms with Crippen LogP contribution in [0.5, 0.6) is 5.75 Å². The number of carbonyl (C=O) groups is 2. The summed E-state index contributed by atoms with van der Waals surface area (Å²) in [6.07, 6.45) is 10.6. The molecule has 4 N–H and O–H groups in total. The molecule has 6 atom stereocenters. The van der Waals surface area contributed by atoms with Crippen LogP contribution in [0.1, 0.15) is 123 Å². The van der Waals surface area contributed by atoms with E-state index in [4.69, 9.17) is 29.0 Å². The highest BCUT2D eigenvalue weighted by atomic mass is 31.2. The molecule has 57 heavy (non-hydrogen) atoms. The number of nitrogens with one attached hydrogen (secondary N) is 1. The molecule has 1 aliphatic heterocycles. The third-order valence-corrected chi connectivity index (χ3v) is 12.1. The average Bonchev–Trinajstić information content (AvgIpc) is 3.76. The minimum Gasteiger partial charge on any atom is -0.464 e. The van der Waals surface area contributed by atoms with Gasteiger partial charge in [0.05, 0.1) is 18.9 Å². The number of carbonyl (C=O) groups excluding carboxylic acids is 2. The number of rotatable bonds is 26. The molecule has 314 valence electrons. The summed E-state index contributed by atoms with van der Waals surface area (Å²) < 4.78 is 45.1. The molecule has 0 amide bonds. The highest BCUT2D eigenvalue weighted by molar-refractivity contribution is 7.52. The quantitative estimate of drug-likeness (QED) is 0.0406. The van der Waals surface area contributed by atoms with Crippen molar-refractivity contribution in [3.63, 3.8) is 0 Å². The lowest BCUT2D eigenvalue weighted by Crippen LogP contribution is -2.43. The van der Waals surface area contributed by atoms with Gasteiger partial charge in [-0.25, -0.2) is 14.1 Å². The van der Waals surface area contributed by atoms with E-state index in [1.165, 1.54) is 62.4 Å². The van der Waals surface area contributed by atoms with E-state index < -0.39 is 56.2 Å². The Labute approximate surface area is 336 Å². The lowest BCUT2D eigenvalue weighted by Gasteiger charge is -2.26. The molecule has 1 fully saturated rings. The predicted molar refractivity (Wildman–Crippen MR) is 215 cm³/mol. The maximum Gasteiger partial charge on any atom is 0.459 e. The molecule has 0 spiro atoms. The van der Waals surface area contributed by atoms with E-state index in [9.17, 15) is 24.5 Å². The van der Waals surface area contributed by atoms with Crippen molar-refractivity contribution in [2.24, 2.45) is 5.92 Å². The van der Waals surface area contributed by atoms with Gasteiger partial charge in [-0.1, -0.05) is 116 Å². The van der Waals surface area contributed by atoms with Gasteiger partial charge in [-0.2, -0.15) is 15.4 Å². The van der Waals surface area contributed by atoms with Crippen LogP contribution in [0.2, 0.25) is 0 Å². The van der Waals surface area contributed by atoms with Gasteiger partial charge in [-0.05, 0) is 43.5 Å². The monoisotopic (exact) mass is 812 g/mol. The van der Waals surface area contributed by atoms with Crippen LogP contribution in [0.15, 0.2) is 48.8 Å². The van der Waals surface area contributed by atoms with Crippen molar-refractivity contribution in [1.29, 1.82) is 5.26 Å². The predicted octanol–water partition coefficient (Wildman–Crippen LogP) is 7.56. The fourth-order valence-corrected chi connectivity index (χ4v) is 8.34. The molecule has 1 aromatic carbocycles. The SMILES string of the molecule is CCCCCCCCCCCCCC(=O)O[C@H]1[C@@H](O)[C@](C#N)(c2ccc3c(N)ncnn23)O[C@@H]1COP(=O)(N[C@H](C)C(=O)OCC(CC)CC)Oc1ccccc1. The molecular weight excluding hydrogens is 751 g/mol. The molecule has 2 aromatic heterocycles. The van der Waals surface area contributed by atoms with Gasteiger partial charge in [-0.3, -0.25) is 14.1 Å². The summed E-state index contributed by atoms with van der Waals surface area (Å²) in [4.78, 5) is 30.3. The molecule has 0 radical (unpaired) electrons. The van der Waals surface area contributed by atoms with Crippen molar-refractivity contribution in [3.05, 3.63) is 54.5 Å². The van der Waals surface area contributed by atoms with Crippen molar-refractivity contribution in [3.8, 4) is 11.8 Å². The number of aromatic nitrogens is 3. The number of aliphatic hydroxyl groups is 1. The number of nitrogen functional groups attached to an aromatic ring is 1. The van der Waals surface area contributed by atoms with E-state index in [1.807, 2.05) is 13.8 Å². The van der Waals surface area contributed by atoms with Gasteiger partial charge in [0.1, 0.15) is 41.9 Å². The number of unbranched alkanes of at least 4 members (excludes halogenated alkanes) is 10. The topological polar surface area (TPSA) is 210 Å². The second-order valence-electron chi connectivity index (χ2n) is 14.7. The standard InChI is InChI=1S/C41H61N6O9P/c1-5-8-9-10-11-12-13-14-15-16-20-23-36(48)54-37-34(55-41(28-42,38(37)49)35-25-24-33-39(43)44-29-45-47(33)35)27-53-57(51,56-32-21-18-17-19-22-32)46-30(4)40(50)52-26-31(6-2)7-3/h17-19,21-22,24-25,29-31,34,37-38,49H,5-16,20,23,26-27H2,1-4H3,(H,46,51)(H2,43,44,45)/t30-,34-,37-,38-,41+,57?/m1/s1. The smallest absolute Gasteiger partial charge is 0.459 e. The number of esters is 2. The van der Waals surface area contributed by atoms with Gasteiger partial charge in [0.25, 0.3) is 0 Å². The second kappa shape index (κ2) is 22.8. The van der Waals surface area contributed by atoms with Gasteiger partial charge in [0.15, 0.2) is 11.9 Å². The maximum atomic E-state index is 14.4. The Morgan fingerprint density at radius 3 is 2.30 bits per heavy atom. The minimum absolute atomic E-state index is 0.0822. The van der Waals surface area contributed by atoms with Crippen LogP contribution in [0.3, 0.4) is 0 Å². The molecule has 0 bridgehead atoms. The molecule has 1 unspecified atom stereocenters. The van der Waals surface area contributed by atoms with E-state index >= 15 is 0 Å². The zero-order chi connectivity index (χ0) is 41.3. The molecule has 0 aliphatic carbocycles. The van der Waals surface area contributed by atoms with Crippen molar-refractivity contribution in [1.82, 2.24) is 19.7 Å². The number of nitriles is 1. The van der Waals surface area contributed by atoms with Gasteiger partial charge < -0.3 is 29.6 Å². The van der Waals surface area contributed by atoms with E-state index in [-0.39, 0.29) is 36.2 Å². The van der Waals surface area contributed by atoms with Crippen LogP contribution in [-0.4, -0.2) is 69.2 Å². The summed E-state index contributed by atoms with van der Waals surface area (Å²) in [5.74, 6) is -0.777. The highest BCUT2D eigenvalue weighted by Crippen LogP contribution is 2.48. The first-order valence-electron chi connectivity index (χ1n) is 20.5. The van der Waals surface area contributed by atoms with Crippen molar-refractivity contribution < 1.29 is 42.5 Å². The molecule has 1 aliphatic rings. The Kier molecular flexibility index (Phi) is 18.2. The molecule has 15 nitrogen and oxygen atoms in total. The summed E-state index contributed by atoms with van der Waals surface area (Å²) in [5, 5.41) is 29.4. The highest BCUT2D eigenvalue weighted by Gasteiger charge is 2.60. The Bertz CT molecular complexity index is 1780. The molecule has 3 aromatic rings. The molecule has 0 saturated carbocycles. The number of fused-ring (bicyclic) bond motifs is 1. The summed E-state index contributed by atoms with van der Waals surface area (Å²) in [6, 6.07) is 12.3. The van der Waals surface area contributed by atoms with Crippen LogP contribution in [0, 0.1) is 17.2 Å². The fourth-order valence-electron chi connectivity index (χ4n) is 6.84. The Morgan fingerprint density at radius 1 is 1.02 bits per heavy atom. The number of ether oxygens (including phenoxy) is 3. The molecule has 4 rings (SSSR count). The number of anilines is 1. The molecule has 3 heterocycles. The third kappa shape index (κ3) is 12.7. The fraction of sp³-hybridized carbons (Fsp3) is 0.634. The number of nitrogens with two attached hydrogens (primary N) is 1. The Hall–Kier alpha value is -4.06. The van der Waals surface area contributed by atoms with Gasteiger partial charge in [0.2, 0.25) is 5.60 Å². The van der Waals surface area contributed by atoms with Crippen LogP contribution in [0.25, 0.3) is 5.52 Å². The molecule has 16 heteroatoms. The van der Waals surface area contributed by atoms with Crippen LogP contribution in [0.4, 0.5) is 5.82 Å². The zero-order valence-corrected chi connectivity index (χ0v) is 34.7. The largest absolute Gasteiger partial charge is 0.464 e. The van der Waals surface area contributed by atoms with Gasteiger partial charge in [0, 0.05) is 6.42 Å². The first-order chi connectivity index (χ1) is 27.5. The molecular formula is C41H61N6O9P. The van der Waals surface area contributed by atoms with Crippen molar-refractivity contribution in [2.45, 2.75) is 148 Å². The normalized spacial score (nSPS) is 20.9. The van der Waals surface area contributed by atoms with Crippen LogP contribution in [-0.2, 0) is 38.5 Å². The maximum absolute atomic E-state index is 14.4. The van der Waals surface area contributed by atoms with E-state index in [0.29, 0.717) is 11.9 Å². The summed E-state index contributed by atoms with van der Waals surface area (Å²) in [5.41, 5.74) is 4.39. The first-order valence-corrected chi connectivity index (χ1v) is 22.0. The lowest BCUT2D eigenvalue weighted by atomic mass is 9.92. The number of nitrogens with zero attached hydrogens (tertiary/aromatic N) is 4. The molecule has 1 saturated heterocycles. The van der Waals surface area contributed by atoms with Crippen molar-refractivity contribution >= 4 is 31.0 Å². The zero-order valence-electron chi connectivity index (χ0n) is 33.8. The van der Waals surface area contributed by atoms with E-state index in [1.54, 1.807) is 36.4 Å². The average molecular weight is 813 g/mol. The summed E-state index contributed by atoms with van der Waals surface area (Å²) in [6.45, 7) is 7.31. The third-order valence-electron chi connectivity index (χ3n) is 10.4. The van der Waals surface area contributed by atoms with Crippen molar-refractivity contribution in [2.75, 3.05) is 18.9 Å². The number of para-hydroxylation sites is 1. The number of hydrogen-bond donors (Lipinski definition) is 3. The Morgan fingerprint density at radius 2 is 1.67 bits per heavy atom. The van der Waals surface area contributed by atoms with E-state index in [0.717, 1.165) is 38.5 Å². The lowest BCUT2D eigenvalue weighted by molar-refractivity contribution is -0.156. The first kappa shape index (κ1) is 45.6. The number of hydrogen-bond acceptors (Lipinski definition) is 13. The number of aliphatic hydroxyl groups excluding tert-OH is 1. The van der Waals surface area contributed by atoms with Gasteiger partial charge in [-0.15, -0.1) is 0 Å². The Balaban J connectivity index is 1.50. The minimum atomic E-state index is -4.42. The van der Waals surface area contributed by atoms with E-state index in [2.05, 4.69) is 28.2 Å².